The Labute approximate surface area is 148 Å². The van der Waals surface area contributed by atoms with Crippen LogP contribution in [0, 0.1) is 20.8 Å². The van der Waals surface area contributed by atoms with Crippen LogP contribution >= 0.6 is 0 Å². The van der Waals surface area contributed by atoms with Gasteiger partial charge in [-0.05, 0) is 62.2 Å². The van der Waals surface area contributed by atoms with E-state index in [1.54, 1.807) is 7.11 Å². The van der Waals surface area contributed by atoms with Crippen LogP contribution in [0.5, 0.6) is 5.75 Å². The van der Waals surface area contributed by atoms with Gasteiger partial charge in [0.05, 0.1) is 7.11 Å². The van der Waals surface area contributed by atoms with Crippen LogP contribution in [0.3, 0.4) is 0 Å². The third-order valence-electron chi connectivity index (χ3n) is 4.07. The summed E-state index contributed by atoms with van der Waals surface area (Å²) in [4.78, 5) is 9.06. The van der Waals surface area contributed by atoms with Crippen molar-refractivity contribution >= 4 is 23.1 Å². The summed E-state index contributed by atoms with van der Waals surface area (Å²) in [6.07, 6.45) is 0. The fraction of sp³-hybridized carbons (Fsp3) is 0.200. The molecule has 3 rings (SSSR count). The van der Waals surface area contributed by atoms with Gasteiger partial charge < -0.3 is 15.4 Å². The van der Waals surface area contributed by atoms with Crippen LogP contribution in [0.25, 0.3) is 0 Å². The first-order chi connectivity index (χ1) is 12.0. The lowest BCUT2D eigenvalue weighted by Gasteiger charge is -2.12. The van der Waals surface area contributed by atoms with Crippen LogP contribution in [0.2, 0.25) is 0 Å². The molecule has 0 atom stereocenters. The van der Waals surface area contributed by atoms with E-state index in [1.807, 2.05) is 49.4 Å². The van der Waals surface area contributed by atoms with Crippen LogP contribution in [-0.2, 0) is 0 Å². The maximum absolute atomic E-state index is 5.18. The molecule has 0 amide bonds. The Kier molecular flexibility index (Phi) is 4.84. The Hall–Kier alpha value is -3.08. The lowest BCUT2D eigenvalue weighted by atomic mass is 10.1. The van der Waals surface area contributed by atoms with Crippen molar-refractivity contribution in [3.8, 4) is 5.75 Å². The van der Waals surface area contributed by atoms with E-state index in [0.29, 0.717) is 5.95 Å². The van der Waals surface area contributed by atoms with Gasteiger partial charge in [-0.15, -0.1) is 0 Å². The summed E-state index contributed by atoms with van der Waals surface area (Å²) in [5, 5.41) is 6.62. The first-order valence-electron chi connectivity index (χ1n) is 8.15. The molecule has 0 aliphatic rings. The number of nitrogens with one attached hydrogen (secondary N) is 2. The Morgan fingerprint density at radius 3 is 2.36 bits per heavy atom. The van der Waals surface area contributed by atoms with Gasteiger partial charge in [0, 0.05) is 23.1 Å². The molecule has 0 bridgehead atoms. The number of aromatic nitrogens is 2. The summed E-state index contributed by atoms with van der Waals surface area (Å²) in [6, 6.07) is 15.8. The fourth-order valence-electron chi connectivity index (χ4n) is 2.52. The highest BCUT2D eigenvalue weighted by molar-refractivity contribution is 5.63. The smallest absolute Gasteiger partial charge is 0.229 e. The number of anilines is 4. The fourth-order valence-corrected chi connectivity index (χ4v) is 2.52. The maximum atomic E-state index is 5.18. The molecule has 2 N–H and O–H groups in total. The zero-order valence-electron chi connectivity index (χ0n) is 14.9. The van der Waals surface area contributed by atoms with Crippen molar-refractivity contribution in [2.45, 2.75) is 20.8 Å². The van der Waals surface area contributed by atoms with Crippen molar-refractivity contribution in [2.24, 2.45) is 0 Å². The summed E-state index contributed by atoms with van der Waals surface area (Å²) >= 11 is 0. The van der Waals surface area contributed by atoms with Crippen LogP contribution in [0.1, 0.15) is 16.8 Å². The lowest BCUT2D eigenvalue weighted by molar-refractivity contribution is 0.415. The van der Waals surface area contributed by atoms with Gasteiger partial charge in [-0.1, -0.05) is 12.1 Å². The molecule has 1 heterocycles. The third kappa shape index (κ3) is 4.07. The molecule has 0 aliphatic carbocycles. The lowest BCUT2D eigenvalue weighted by Crippen LogP contribution is -2.03. The van der Waals surface area contributed by atoms with E-state index in [1.165, 1.54) is 11.1 Å². The number of hydrogen-bond acceptors (Lipinski definition) is 5. The molecule has 0 saturated heterocycles. The van der Waals surface area contributed by atoms with Crippen molar-refractivity contribution in [3.05, 3.63) is 65.4 Å². The Bertz CT molecular complexity index is 875. The Balaban J connectivity index is 1.83. The van der Waals surface area contributed by atoms with Crippen molar-refractivity contribution in [1.29, 1.82) is 0 Å². The van der Waals surface area contributed by atoms with E-state index in [4.69, 9.17) is 4.74 Å². The zero-order chi connectivity index (χ0) is 17.8. The minimum Gasteiger partial charge on any atom is -0.497 e. The summed E-state index contributed by atoms with van der Waals surface area (Å²) in [7, 11) is 1.65. The molecule has 5 heteroatoms. The zero-order valence-corrected chi connectivity index (χ0v) is 14.9. The van der Waals surface area contributed by atoms with Crippen molar-refractivity contribution < 1.29 is 4.74 Å². The second kappa shape index (κ2) is 7.21. The summed E-state index contributed by atoms with van der Waals surface area (Å²) in [5.74, 6) is 2.14. The van der Waals surface area contributed by atoms with Crippen LogP contribution < -0.4 is 15.4 Å². The minimum absolute atomic E-state index is 0.574. The summed E-state index contributed by atoms with van der Waals surface area (Å²) in [5.41, 5.74) is 5.27. The average molecular weight is 334 g/mol. The van der Waals surface area contributed by atoms with Gasteiger partial charge >= 0.3 is 0 Å². The maximum Gasteiger partial charge on any atom is 0.229 e. The second-order valence-corrected chi connectivity index (χ2v) is 5.94. The molecule has 25 heavy (non-hydrogen) atoms. The van der Waals surface area contributed by atoms with Gasteiger partial charge in [0.15, 0.2) is 0 Å². The molecule has 3 aromatic rings. The highest BCUT2D eigenvalue weighted by atomic mass is 16.5. The van der Waals surface area contributed by atoms with E-state index < -0.39 is 0 Å². The molecular formula is C20H22N4O. The predicted octanol–water partition coefficient (Wildman–Crippen LogP) is 4.90. The van der Waals surface area contributed by atoms with Crippen molar-refractivity contribution in [1.82, 2.24) is 9.97 Å². The Morgan fingerprint density at radius 2 is 1.64 bits per heavy atom. The van der Waals surface area contributed by atoms with Crippen LogP contribution in [0.4, 0.5) is 23.1 Å². The molecule has 2 aromatic carbocycles. The molecule has 0 saturated carbocycles. The second-order valence-electron chi connectivity index (χ2n) is 5.94. The SMILES string of the molecule is COc1ccc(Nc2cc(C)nc(Nc3cccc(C)c3C)n2)cc1. The molecule has 5 nitrogen and oxygen atoms in total. The van der Waals surface area contributed by atoms with Gasteiger partial charge in [-0.25, -0.2) is 4.98 Å². The van der Waals surface area contributed by atoms with Gasteiger partial charge in [0.2, 0.25) is 5.95 Å². The number of hydrogen-bond donors (Lipinski definition) is 2. The normalized spacial score (nSPS) is 10.4. The third-order valence-corrected chi connectivity index (χ3v) is 4.07. The number of benzene rings is 2. The predicted molar refractivity (Wildman–Crippen MR) is 102 cm³/mol. The number of nitrogens with zero attached hydrogens (tertiary/aromatic N) is 2. The largest absolute Gasteiger partial charge is 0.497 e. The van der Waals surface area contributed by atoms with E-state index >= 15 is 0 Å². The number of methoxy groups -OCH3 is 1. The van der Waals surface area contributed by atoms with Gasteiger partial charge in [-0.3, -0.25) is 0 Å². The quantitative estimate of drug-likeness (QED) is 0.695. The molecule has 1 aromatic heterocycles. The van der Waals surface area contributed by atoms with Crippen molar-refractivity contribution in [3.63, 3.8) is 0 Å². The van der Waals surface area contributed by atoms with Gasteiger partial charge in [0.25, 0.3) is 0 Å². The Morgan fingerprint density at radius 1 is 0.880 bits per heavy atom. The highest BCUT2D eigenvalue weighted by Gasteiger charge is 2.06. The molecule has 0 aliphatic heterocycles. The number of ether oxygens (including phenoxy) is 1. The van der Waals surface area contributed by atoms with E-state index in [0.717, 1.165) is 28.6 Å². The monoisotopic (exact) mass is 334 g/mol. The molecule has 128 valence electrons. The minimum atomic E-state index is 0.574. The first kappa shape index (κ1) is 16.8. The van der Waals surface area contributed by atoms with E-state index in [2.05, 4.69) is 40.5 Å². The summed E-state index contributed by atoms with van der Waals surface area (Å²) in [6.45, 7) is 6.13. The van der Waals surface area contributed by atoms with E-state index in [-0.39, 0.29) is 0 Å². The molecule has 0 spiro atoms. The van der Waals surface area contributed by atoms with Gasteiger partial charge in [-0.2, -0.15) is 4.98 Å². The number of rotatable bonds is 5. The topological polar surface area (TPSA) is 59.1 Å². The van der Waals surface area contributed by atoms with Crippen LogP contribution in [0.15, 0.2) is 48.5 Å². The van der Waals surface area contributed by atoms with Crippen molar-refractivity contribution in [2.75, 3.05) is 17.7 Å². The van der Waals surface area contributed by atoms with Crippen LogP contribution in [-0.4, -0.2) is 17.1 Å². The molecular weight excluding hydrogens is 312 g/mol. The van der Waals surface area contributed by atoms with Gasteiger partial charge in [0.1, 0.15) is 11.6 Å². The standard InChI is InChI=1S/C20H22N4O/c1-13-6-5-7-18(15(13)3)23-20-21-14(2)12-19(24-20)22-16-8-10-17(25-4)11-9-16/h5-12H,1-4H3,(H2,21,22,23,24). The molecule has 0 fully saturated rings. The highest BCUT2D eigenvalue weighted by Crippen LogP contribution is 2.23. The summed E-state index contributed by atoms with van der Waals surface area (Å²) < 4.78 is 5.18. The van der Waals surface area contributed by atoms with E-state index in [9.17, 15) is 0 Å². The average Bonchev–Trinajstić information content (AvgIpc) is 2.59. The molecule has 0 radical (unpaired) electrons. The molecule has 0 unspecified atom stereocenters. The number of aryl methyl sites for hydroxylation is 2. The first-order valence-corrected chi connectivity index (χ1v) is 8.15.